The fourth-order valence-corrected chi connectivity index (χ4v) is 4.61. The Hall–Kier alpha value is -2.74. The van der Waals surface area contributed by atoms with Crippen LogP contribution >= 0.6 is 0 Å². The standard InChI is InChI=1S/C21H25N5O3/c27-19-9-11-29-17-14-24(13-16(17)26(19)12-15-6-2-1-3-7-15)21(28)20-23-22-18-8-4-5-10-25(18)20/h1-3,6-7,16-17H,4-5,8-14H2/t16-,17-/m0/s1. The first-order valence-electron chi connectivity index (χ1n) is 10.4. The summed E-state index contributed by atoms with van der Waals surface area (Å²) in [4.78, 5) is 29.6. The van der Waals surface area contributed by atoms with Crippen LogP contribution in [-0.2, 0) is 29.0 Å². The maximum Gasteiger partial charge on any atom is 0.291 e. The Labute approximate surface area is 169 Å². The molecule has 0 saturated carbocycles. The summed E-state index contributed by atoms with van der Waals surface area (Å²) in [6.45, 7) is 2.66. The second-order valence-electron chi connectivity index (χ2n) is 7.99. The molecule has 0 spiro atoms. The Morgan fingerprint density at radius 1 is 1.10 bits per heavy atom. The van der Waals surface area contributed by atoms with E-state index in [1.165, 1.54) is 0 Å². The summed E-state index contributed by atoms with van der Waals surface area (Å²) in [5, 5.41) is 8.39. The van der Waals surface area contributed by atoms with E-state index in [1.807, 2.05) is 39.8 Å². The Balaban J connectivity index is 1.37. The third kappa shape index (κ3) is 3.42. The van der Waals surface area contributed by atoms with Crippen LogP contribution in [0.3, 0.4) is 0 Å². The van der Waals surface area contributed by atoms with Gasteiger partial charge in [-0.2, -0.15) is 0 Å². The summed E-state index contributed by atoms with van der Waals surface area (Å²) in [6.07, 6.45) is 3.21. The summed E-state index contributed by atoms with van der Waals surface area (Å²) in [5.74, 6) is 1.27. The fraction of sp³-hybridized carbons (Fsp3) is 0.524. The number of rotatable bonds is 3. The van der Waals surface area contributed by atoms with E-state index in [9.17, 15) is 9.59 Å². The summed E-state index contributed by atoms with van der Waals surface area (Å²) < 4.78 is 7.93. The largest absolute Gasteiger partial charge is 0.374 e. The van der Waals surface area contributed by atoms with Gasteiger partial charge in [0.25, 0.3) is 5.91 Å². The first-order chi connectivity index (χ1) is 14.2. The highest BCUT2D eigenvalue weighted by Gasteiger charge is 2.44. The molecule has 2 atom stereocenters. The van der Waals surface area contributed by atoms with E-state index >= 15 is 0 Å². The van der Waals surface area contributed by atoms with E-state index in [1.54, 1.807) is 4.90 Å². The van der Waals surface area contributed by atoms with Crippen LogP contribution in [0.2, 0.25) is 0 Å². The zero-order valence-electron chi connectivity index (χ0n) is 16.4. The zero-order valence-corrected chi connectivity index (χ0v) is 16.4. The number of carbonyl (C=O) groups excluding carboxylic acids is 2. The van der Waals surface area contributed by atoms with Crippen molar-refractivity contribution < 1.29 is 14.3 Å². The van der Waals surface area contributed by atoms with Gasteiger partial charge in [0.2, 0.25) is 11.7 Å². The number of aromatic nitrogens is 3. The van der Waals surface area contributed by atoms with Gasteiger partial charge in [-0.05, 0) is 18.4 Å². The molecule has 4 heterocycles. The van der Waals surface area contributed by atoms with Crippen LogP contribution in [0.1, 0.15) is 41.3 Å². The first kappa shape index (κ1) is 18.3. The van der Waals surface area contributed by atoms with Gasteiger partial charge in [-0.1, -0.05) is 30.3 Å². The van der Waals surface area contributed by atoms with Crippen molar-refractivity contribution in [2.45, 2.75) is 50.9 Å². The maximum absolute atomic E-state index is 13.2. The summed E-state index contributed by atoms with van der Waals surface area (Å²) in [5.41, 5.74) is 1.08. The van der Waals surface area contributed by atoms with Crippen LogP contribution in [-0.4, -0.2) is 68.2 Å². The van der Waals surface area contributed by atoms with Gasteiger partial charge >= 0.3 is 0 Å². The second-order valence-corrected chi connectivity index (χ2v) is 7.99. The van der Waals surface area contributed by atoms with E-state index < -0.39 is 0 Å². The number of nitrogens with zero attached hydrogens (tertiary/aromatic N) is 5. The van der Waals surface area contributed by atoms with Crippen molar-refractivity contribution in [3.8, 4) is 0 Å². The van der Waals surface area contributed by atoms with E-state index in [0.717, 1.165) is 37.2 Å². The van der Waals surface area contributed by atoms with Gasteiger partial charge in [-0.3, -0.25) is 9.59 Å². The van der Waals surface area contributed by atoms with Crippen LogP contribution in [0, 0.1) is 0 Å². The Bertz CT molecular complexity index is 912. The van der Waals surface area contributed by atoms with Crippen LogP contribution in [0.5, 0.6) is 0 Å². The molecule has 2 saturated heterocycles. The molecule has 0 bridgehead atoms. The van der Waals surface area contributed by atoms with Gasteiger partial charge in [-0.15, -0.1) is 10.2 Å². The molecule has 1 aromatic carbocycles. The number of hydrogen-bond donors (Lipinski definition) is 0. The molecule has 0 radical (unpaired) electrons. The average molecular weight is 395 g/mol. The number of benzene rings is 1. The van der Waals surface area contributed by atoms with Gasteiger partial charge in [0.15, 0.2) is 0 Å². The zero-order chi connectivity index (χ0) is 19.8. The van der Waals surface area contributed by atoms with Gasteiger partial charge < -0.3 is 19.1 Å². The van der Waals surface area contributed by atoms with Crippen molar-refractivity contribution in [1.29, 1.82) is 0 Å². The molecule has 3 aliphatic heterocycles. The minimum Gasteiger partial charge on any atom is -0.374 e. The number of hydrogen-bond acceptors (Lipinski definition) is 5. The van der Waals surface area contributed by atoms with Crippen molar-refractivity contribution >= 4 is 11.8 Å². The lowest BCUT2D eigenvalue weighted by molar-refractivity contribution is -0.133. The molecule has 152 valence electrons. The van der Waals surface area contributed by atoms with Crippen LogP contribution < -0.4 is 0 Å². The molecule has 0 aliphatic carbocycles. The number of carbonyl (C=O) groups is 2. The van der Waals surface area contributed by atoms with E-state index in [2.05, 4.69) is 10.2 Å². The van der Waals surface area contributed by atoms with Crippen LogP contribution in [0.4, 0.5) is 0 Å². The normalized spacial score (nSPS) is 24.2. The maximum atomic E-state index is 13.2. The minimum absolute atomic E-state index is 0.0792. The van der Waals surface area contributed by atoms with E-state index in [-0.39, 0.29) is 24.0 Å². The lowest BCUT2D eigenvalue weighted by Crippen LogP contribution is -2.45. The Morgan fingerprint density at radius 2 is 1.97 bits per heavy atom. The smallest absolute Gasteiger partial charge is 0.291 e. The number of ether oxygens (including phenoxy) is 1. The molecule has 29 heavy (non-hydrogen) atoms. The molecule has 1 aromatic heterocycles. The predicted molar refractivity (Wildman–Crippen MR) is 104 cm³/mol. The molecule has 0 unspecified atom stereocenters. The van der Waals surface area contributed by atoms with Crippen molar-refractivity contribution in [3.63, 3.8) is 0 Å². The van der Waals surface area contributed by atoms with Gasteiger partial charge in [-0.25, -0.2) is 0 Å². The summed E-state index contributed by atoms with van der Waals surface area (Å²) >= 11 is 0. The quantitative estimate of drug-likeness (QED) is 0.782. The molecule has 2 fully saturated rings. The first-order valence-corrected chi connectivity index (χ1v) is 10.4. The second kappa shape index (κ2) is 7.59. The van der Waals surface area contributed by atoms with Gasteiger partial charge in [0.05, 0.1) is 25.2 Å². The Kier molecular flexibility index (Phi) is 4.79. The van der Waals surface area contributed by atoms with Crippen LogP contribution in [0.15, 0.2) is 30.3 Å². The Morgan fingerprint density at radius 3 is 2.83 bits per heavy atom. The lowest BCUT2D eigenvalue weighted by atomic mass is 10.1. The number of aryl methyl sites for hydroxylation is 1. The highest BCUT2D eigenvalue weighted by Crippen LogP contribution is 2.26. The van der Waals surface area contributed by atoms with Crippen molar-refractivity contribution in [1.82, 2.24) is 24.6 Å². The third-order valence-electron chi connectivity index (χ3n) is 6.14. The SMILES string of the molecule is O=C(c1nnc2n1CCCC2)N1C[C@@H]2OCCC(=O)N(Cc3ccccc3)[C@H]2C1. The number of likely N-dealkylation sites (tertiary alicyclic amines) is 1. The summed E-state index contributed by atoms with van der Waals surface area (Å²) in [6, 6.07) is 9.82. The highest BCUT2D eigenvalue weighted by molar-refractivity contribution is 5.91. The number of amides is 2. The topological polar surface area (TPSA) is 80.6 Å². The molecule has 3 aliphatic rings. The molecule has 0 N–H and O–H groups in total. The van der Waals surface area contributed by atoms with Crippen molar-refractivity contribution in [3.05, 3.63) is 47.5 Å². The molecule has 5 rings (SSSR count). The van der Waals surface area contributed by atoms with Crippen molar-refractivity contribution in [2.24, 2.45) is 0 Å². The predicted octanol–water partition coefficient (Wildman–Crippen LogP) is 1.26. The molecule has 8 heteroatoms. The third-order valence-corrected chi connectivity index (χ3v) is 6.14. The lowest BCUT2D eigenvalue weighted by Gasteiger charge is -2.29. The monoisotopic (exact) mass is 395 g/mol. The molecule has 8 nitrogen and oxygen atoms in total. The average Bonchev–Trinajstić information content (AvgIpc) is 3.33. The molecular weight excluding hydrogens is 370 g/mol. The molecule has 2 aromatic rings. The van der Waals surface area contributed by atoms with Gasteiger partial charge in [0, 0.05) is 32.6 Å². The molecular formula is C21H25N5O3. The van der Waals surface area contributed by atoms with Crippen molar-refractivity contribution in [2.75, 3.05) is 19.7 Å². The fourth-order valence-electron chi connectivity index (χ4n) is 4.61. The summed E-state index contributed by atoms with van der Waals surface area (Å²) in [7, 11) is 0. The van der Waals surface area contributed by atoms with E-state index in [0.29, 0.717) is 38.5 Å². The molecule has 2 amide bonds. The number of fused-ring (bicyclic) bond motifs is 2. The van der Waals surface area contributed by atoms with E-state index in [4.69, 9.17) is 4.74 Å². The van der Waals surface area contributed by atoms with Gasteiger partial charge in [0.1, 0.15) is 5.82 Å². The highest BCUT2D eigenvalue weighted by atomic mass is 16.5. The van der Waals surface area contributed by atoms with Crippen LogP contribution in [0.25, 0.3) is 0 Å². The minimum atomic E-state index is -0.169.